The number of methoxy groups -OCH3 is 1. The molecule has 5 nitrogen and oxygen atoms in total. The second-order valence-electron chi connectivity index (χ2n) is 7.51. The van der Waals surface area contributed by atoms with Crippen LogP contribution >= 0.6 is 0 Å². The van der Waals surface area contributed by atoms with Crippen molar-refractivity contribution < 1.29 is 19.4 Å². The largest absolute Gasteiger partial charge is 0.497 e. The number of likely N-dealkylation sites (tertiary alicyclic amines) is 1. The number of amides is 1. The number of hydrogen-bond donors (Lipinski definition) is 1. The maximum atomic E-state index is 12.9. The quantitative estimate of drug-likeness (QED) is 0.917. The van der Waals surface area contributed by atoms with Gasteiger partial charge in [-0.05, 0) is 47.2 Å². The van der Waals surface area contributed by atoms with Gasteiger partial charge in [-0.3, -0.25) is 9.59 Å². The summed E-state index contributed by atoms with van der Waals surface area (Å²) in [7, 11) is 1.63. The first-order valence-corrected chi connectivity index (χ1v) is 9.10. The molecule has 2 aliphatic rings. The topological polar surface area (TPSA) is 66.8 Å². The van der Waals surface area contributed by atoms with Gasteiger partial charge in [-0.1, -0.05) is 30.7 Å². The second-order valence-corrected chi connectivity index (χ2v) is 7.51. The Morgan fingerprint density at radius 3 is 2.88 bits per heavy atom. The highest BCUT2D eigenvalue weighted by molar-refractivity contribution is 5.91. The van der Waals surface area contributed by atoms with Crippen LogP contribution in [0.15, 0.2) is 36.4 Å². The molecule has 26 heavy (non-hydrogen) atoms. The van der Waals surface area contributed by atoms with Crippen LogP contribution < -0.4 is 4.74 Å². The molecule has 2 atom stereocenters. The average molecular weight is 353 g/mol. The van der Waals surface area contributed by atoms with E-state index < -0.39 is 11.4 Å². The van der Waals surface area contributed by atoms with Gasteiger partial charge in [0.15, 0.2) is 0 Å². The fraction of sp³-hybridized carbons (Fsp3) is 0.429. The average Bonchev–Trinajstić information content (AvgIpc) is 3.20. The number of rotatable bonds is 4. The molecule has 0 bridgehead atoms. The number of carbonyl (C=O) groups is 2. The van der Waals surface area contributed by atoms with Crippen molar-refractivity contribution in [1.82, 2.24) is 4.90 Å². The first-order valence-electron chi connectivity index (χ1n) is 9.10. The van der Waals surface area contributed by atoms with Crippen LogP contribution in [0.1, 0.15) is 24.8 Å². The first-order chi connectivity index (χ1) is 12.5. The van der Waals surface area contributed by atoms with Crippen molar-refractivity contribution in [3.8, 4) is 5.75 Å². The lowest BCUT2D eigenvalue weighted by Gasteiger charge is -2.23. The Morgan fingerprint density at radius 1 is 1.31 bits per heavy atom. The molecule has 2 aromatic carbocycles. The van der Waals surface area contributed by atoms with E-state index in [4.69, 9.17) is 4.74 Å². The number of ether oxygens (including phenoxy) is 1. The van der Waals surface area contributed by atoms with Crippen molar-refractivity contribution in [2.45, 2.75) is 25.7 Å². The van der Waals surface area contributed by atoms with Crippen LogP contribution in [0.25, 0.3) is 10.8 Å². The summed E-state index contributed by atoms with van der Waals surface area (Å²) in [5.41, 5.74) is 0.227. The van der Waals surface area contributed by atoms with E-state index >= 15 is 0 Å². The minimum atomic E-state index is -0.745. The highest BCUT2D eigenvalue weighted by atomic mass is 16.5. The number of hydrogen-bond acceptors (Lipinski definition) is 3. The van der Waals surface area contributed by atoms with Gasteiger partial charge in [-0.25, -0.2) is 0 Å². The lowest BCUT2D eigenvalue weighted by molar-refractivity contribution is -0.149. The van der Waals surface area contributed by atoms with Crippen molar-refractivity contribution in [3.63, 3.8) is 0 Å². The number of aliphatic carboxylic acids is 1. The summed E-state index contributed by atoms with van der Waals surface area (Å²) in [6.07, 6.45) is 2.82. The Morgan fingerprint density at radius 2 is 2.15 bits per heavy atom. The van der Waals surface area contributed by atoms with Gasteiger partial charge in [0.1, 0.15) is 5.75 Å². The predicted molar refractivity (Wildman–Crippen MR) is 98.2 cm³/mol. The molecule has 0 spiro atoms. The normalized spacial score (nSPS) is 24.7. The van der Waals surface area contributed by atoms with Gasteiger partial charge >= 0.3 is 5.97 Å². The summed E-state index contributed by atoms with van der Waals surface area (Å²) in [6.45, 7) is 0.916. The van der Waals surface area contributed by atoms with E-state index in [1.165, 1.54) is 0 Å². The Labute approximate surface area is 152 Å². The number of fused-ring (bicyclic) bond motifs is 2. The van der Waals surface area contributed by atoms with Gasteiger partial charge in [0, 0.05) is 13.1 Å². The summed E-state index contributed by atoms with van der Waals surface area (Å²) in [4.78, 5) is 26.5. The molecule has 2 aromatic rings. The van der Waals surface area contributed by atoms with Gasteiger partial charge < -0.3 is 14.7 Å². The molecule has 1 aliphatic heterocycles. The summed E-state index contributed by atoms with van der Waals surface area (Å²) < 4.78 is 5.31. The Hall–Kier alpha value is -2.56. The zero-order chi connectivity index (χ0) is 18.3. The zero-order valence-electron chi connectivity index (χ0n) is 14.9. The van der Waals surface area contributed by atoms with Crippen LogP contribution in [-0.2, 0) is 16.0 Å². The van der Waals surface area contributed by atoms with Crippen LogP contribution in [0.2, 0.25) is 0 Å². The number of carboxylic acid groups (broad SMARTS) is 1. The molecule has 0 aromatic heterocycles. The van der Waals surface area contributed by atoms with Gasteiger partial charge in [0.05, 0.1) is 18.9 Å². The standard InChI is InChI=1S/C21H23NO4/c1-26-17-8-7-14-4-2-5-15(18(14)11-17)10-19(23)22-12-16-6-3-9-21(16,13-22)20(24)25/h2,4-5,7-8,11,16H,3,6,9-10,12-13H2,1H3,(H,24,25)/t16-,21+/m0/s1. The monoisotopic (exact) mass is 353 g/mol. The molecule has 136 valence electrons. The molecular formula is C21H23NO4. The molecule has 5 heteroatoms. The highest BCUT2D eigenvalue weighted by Gasteiger charge is 2.55. The Kier molecular flexibility index (Phi) is 4.10. The predicted octanol–water partition coefficient (Wildman–Crippen LogP) is 3.10. The van der Waals surface area contributed by atoms with E-state index in [2.05, 4.69) is 0 Å². The molecule has 1 N–H and O–H groups in total. The third-order valence-corrected chi connectivity index (χ3v) is 6.17. The summed E-state index contributed by atoms with van der Waals surface area (Å²) in [5, 5.41) is 11.8. The Balaban J connectivity index is 1.58. The first kappa shape index (κ1) is 16.9. The van der Waals surface area contributed by atoms with Crippen LogP contribution in [0.3, 0.4) is 0 Å². The van der Waals surface area contributed by atoms with Crippen molar-refractivity contribution in [2.75, 3.05) is 20.2 Å². The molecule has 1 aliphatic carbocycles. The molecule has 1 saturated carbocycles. The number of nitrogens with zero attached hydrogens (tertiary/aromatic N) is 1. The second kappa shape index (κ2) is 6.31. The third kappa shape index (κ3) is 2.62. The number of benzene rings is 2. The van der Waals surface area contributed by atoms with E-state index in [0.717, 1.165) is 34.9 Å². The number of carbonyl (C=O) groups excluding carboxylic acids is 1. The van der Waals surface area contributed by atoms with Gasteiger partial charge in [0.2, 0.25) is 5.91 Å². The van der Waals surface area contributed by atoms with E-state index in [-0.39, 0.29) is 18.2 Å². The van der Waals surface area contributed by atoms with Crippen LogP contribution in [0.4, 0.5) is 0 Å². The third-order valence-electron chi connectivity index (χ3n) is 6.17. The molecule has 1 heterocycles. The zero-order valence-corrected chi connectivity index (χ0v) is 14.9. The van der Waals surface area contributed by atoms with Crippen LogP contribution in [-0.4, -0.2) is 42.1 Å². The molecule has 4 rings (SSSR count). The minimum Gasteiger partial charge on any atom is -0.497 e. The maximum Gasteiger partial charge on any atom is 0.311 e. The molecule has 0 unspecified atom stereocenters. The Bertz CT molecular complexity index is 877. The van der Waals surface area contributed by atoms with E-state index in [1.807, 2.05) is 36.4 Å². The summed E-state index contributed by atoms with van der Waals surface area (Å²) in [5.74, 6) is 0.120. The van der Waals surface area contributed by atoms with Crippen molar-refractivity contribution in [2.24, 2.45) is 11.3 Å². The molecule has 0 radical (unpaired) electrons. The van der Waals surface area contributed by atoms with E-state index in [9.17, 15) is 14.7 Å². The highest BCUT2D eigenvalue weighted by Crippen LogP contribution is 2.49. The van der Waals surface area contributed by atoms with E-state index in [1.54, 1.807) is 12.0 Å². The number of carboxylic acids is 1. The lowest BCUT2D eigenvalue weighted by Crippen LogP contribution is -2.37. The van der Waals surface area contributed by atoms with Crippen molar-refractivity contribution in [1.29, 1.82) is 0 Å². The molecule has 2 fully saturated rings. The van der Waals surface area contributed by atoms with Gasteiger partial charge in [-0.15, -0.1) is 0 Å². The molecule has 1 saturated heterocycles. The van der Waals surface area contributed by atoms with Gasteiger partial charge in [-0.2, -0.15) is 0 Å². The fourth-order valence-electron chi connectivity index (χ4n) is 4.70. The van der Waals surface area contributed by atoms with Gasteiger partial charge in [0.25, 0.3) is 0 Å². The van der Waals surface area contributed by atoms with E-state index in [0.29, 0.717) is 19.5 Å². The summed E-state index contributed by atoms with van der Waals surface area (Å²) >= 11 is 0. The summed E-state index contributed by atoms with van der Waals surface area (Å²) in [6, 6.07) is 11.8. The SMILES string of the molecule is COc1ccc2cccc(CC(=O)N3C[C@@H]4CCC[C@@]4(C(=O)O)C3)c2c1. The lowest BCUT2D eigenvalue weighted by atomic mass is 9.81. The molecular weight excluding hydrogens is 330 g/mol. The van der Waals surface area contributed by atoms with Crippen molar-refractivity contribution >= 4 is 22.6 Å². The van der Waals surface area contributed by atoms with Crippen LogP contribution in [0.5, 0.6) is 5.75 Å². The van der Waals surface area contributed by atoms with Crippen molar-refractivity contribution in [3.05, 3.63) is 42.0 Å². The smallest absolute Gasteiger partial charge is 0.311 e. The minimum absolute atomic E-state index is 0.00958. The maximum absolute atomic E-state index is 12.9. The van der Waals surface area contributed by atoms with Crippen LogP contribution in [0, 0.1) is 11.3 Å². The fourth-order valence-corrected chi connectivity index (χ4v) is 4.70. The molecule has 1 amide bonds.